The minimum Gasteiger partial charge on any atom is -0.281 e. The summed E-state index contributed by atoms with van der Waals surface area (Å²) in [7, 11) is 0. The van der Waals surface area contributed by atoms with Crippen LogP contribution in [0.1, 0.15) is 0 Å². The molecule has 0 aliphatic heterocycles. The van der Waals surface area contributed by atoms with Crippen molar-refractivity contribution in [3.05, 3.63) is 40.2 Å². The Balaban J connectivity index is 0. The van der Waals surface area contributed by atoms with E-state index in [1.54, 1.807) is 0 Å². The molecule has 5 heteroatoms. The first-order valence-electron chi connectivity index (χ1n) is 3.30. The monoisotopic (exact) mass is 229 g/mol. The summed E-state index contributed by atoms with van der Waals surface area (Å²) in [5.74, 6) is 0.262. The molecule has 0 spiro atoms. The fourth-order valence-corrected chi connectivity index (χ4v) is 1.62. The van der Waals surface area contributed by atoms with Crippen molar-refractivity contribution in [3.63, 3.8) is 0 Å². The quantitative estimate of drug-likeness (QED) is 0.539. The molecule has 0 N–H and O–H groups in total. The second-order valence-corrected chi connectivity index (χ2v) is 3.14. The van der Waals surface area contributed by atoms with Crippen LogP contribution in [-0.4, -0.2) is 13.6 Å². The van der Waals surface area contributed by atoms with E-state index in [0.29, 0.717) is 0 Å². The van der Waals surface area contributed by atoms with E-state index in [2.05, 4.69) is 24.3 Å². The van der Waals surface area contributed by atoms with Gasteiger partial charge in [-0.2, -0.15) is 0 Å². The van der Waals surface area contributed by atoms with E-state index in [9.17, 15) is 4.91 Å². The van der Waals surface area contributed by atoms with Gasteiger partial charge in [0.05, 0.1) is 0 Å². The maximum absolute atomic E-state index is 9.90. The average Bonchev–Trinajstić information content (AvgIpc) is 2.72. The molecule has 0 aromatic carbocycles. The van der Waals surface area contributed by atoms with Crippen molar-refractivity contribution in [3.8, 4) is 0 Å². The van der Waals surface area contributed by atoms with E-state index in [4.69, 9.17) is 9.59 Å². The molecule has 1 rings (SSSR count). The van der Waals surface area contributed by atoms with Gasteiger partial charge in [-0.1, -0.05) is 0 Å². The Morgan fingerprint density at radius 1 is 1.43 bits per heavy atom. The van der Waals surface area contributed by atoms with Gasteiger partial charge in [0, 0.05) is 0 Å². The number of nitrogens with zero attached hydrogens (tertiary/aromatic N) is 1. The third-order valence-electron chi connectivity index (χ3n) is 1.30. The zero-order valence-electron chi connectivity index (χ0n) is 7.17. The fraction of sp³-hybridized carbons (Fsp3) is 0.111. The Bertz CT molecular complexity index is 236. The van der Waals surface area contributed by atoms with Crippen molar-refractivity contribution in [1.82, 2.24) is 0 Å². The van der Waals surface area contributed by atoms with Crippen LogP contribution in [0.2, 0.25) is 0 Å². The van der Waals surface area contributed by atoms with Gasteiger partial charge in [-0.25, -0.2) is 0 Å². The first-order chi connectivity index (χ1) is 6.88. The van der Waals surface area contributed by atoms with Gasteiger partial charge in [0.25, 0.3) is 13.6 Å². The summed E-state index contributed by atoms with van der Waals surface area (Å²) in [6.07, 6.45) is 7.71. The van der Waals surface area contributed by atoms with Crippen molar-refractivity contribution < 1.29 is 25.0 Å². The second kappa shape index (κ2) is 11.7. The number of hydrogen-bond donors (Lipinski definition) is 0. The van der Waals surface area contributed by atoms with E-state index in [-0.39, 0.29) is 21.4 Å². The molecule has 0 bridgehead atoms. The molecule has 0 amide bonds. The predicted molar refractivity (Wildman–Crippen MR) is 48.1 cm³/mol. The number of carbonyl (C=O) groups excluding carboxylic acids is 2. The number of rotatable bonds is 3. The van der Waals surface area contributed by atoms with E-state index in [1.807, 2.05) is 24.3 Å². The van der Waals surface area contributed by atoms with Gasteiger partial charge in [-0.15, -0.1) is 0 Å². The summed E-state index contributed by atoms with van der Waals surface area (Å²) >= 11 is -0.234. The molecule has 0 aromatic heterocycles. The van der Waals surface area contributed by atoms with E-state index in [0.717, 1.165) is 4.44 Å². The van der Waals surface area contributed by atoms with E-state index >= 15 is 0 Å². The van der Waals surface area contributed by atoms with Crippen LogP contribution in [0.3, 0.4) is 0 Å². The van der Waals surface area contributed by atoms with Crippen molar-refractivity contribution in [1.29, 1.82) is 0 Å². The summed E-state index contributed by atoms with van der Waals surface area (Å²) in [5.41, 5.74) is 0. The molecule has 1 aliphatic rings. The van der Waals surface area contributed by atoms with Gasteiger partial charge in [0.2, 0.25) is 0 Å². The average molecular weight is 229 g/mol. The Kier molecular flexibility index (Phi) is 12.7. The second-order valence-electron chi connectivity index (χ2n) is 1.88. The normalized spacial score (nSPS) is 16.6. The van der Waals surface area contributed by atoms with Crippen LogP contribution in [0.5, 0.6) is 0 Å². The van der Waals surface area contributed by atoms with Gasteiger partial charge in [0.1, 0.15) is 0 Å². The number of allylic oxidation sites excluding steroid dienone is 5. The molecule has 72 valence electrons. The van der Waals surface area contributed by atoms with Crippen molar-refractivity contribution in [2.24, 2.45) is 10.1 Å². The molecule has 0 saturated heterocycles. The molecular formula is C9H7CrNO3. The summed E-state index contributed by atoms with van der Waals surface area (Å²) in [5, 5.41) is 0. The Morgan fingerprint density at radius 2 is 2.00 bits per heavy atom. The Labute approximate surface area is 89.3 Å². The molecule has 0 heterocycles. The van der Waals surface area contributed by atoms with E-state index < -0.39 is 0 Å². The standard InChI is InChI=1S/C7H7.2CO.Cr.NO/c1-2-7-5-3-4-6-7;2*1-2;;1-2/h2-5,7H,1H2;;;;/q;;;+1;-1. The minimum atomic E-state index is -0.234. The topological polar surface area (TPSA) is 63.6 Å². The third-order valence-corrected chi connectivity index (χ3v) is 2.39. The van der Waals surface area contributed by atoms with Crippen molar-refractivity contribution >= 4 is 13.6 Å². The van der Waals surface area contributed by atoms with Crippen molar-refractivity contribution in [2.45, 2.75) is 0 Å². The first-order valence-corrected chi connectivity index (χ1v) is 4.50. The molecule has 0 saturated carbocycles. The number of hydrogen-bond acceptors (Lipinski definition) is 4. The van der Waals surface area contributed by atoms with Gasteiger partial charge < -0.3 is 0 Å². The van der Waals surface area contributed by atoms with Crippen LogP contribution in [-0.2, 0) is 25.0 Å². The Morgan fingerprint density at radius 3 is 2.43 bits per heavy atom. The predicted octanol–water partition coefficient (Wildman–Crippen LogP) is 1.21. The molecule has 14 heavy (non-hydrogen) atoms. The van der Waals surface area contributed by atoms with Crippen LogP contribution in [0.15, 0.2) is 39.5 Å². The van der Waals surface area contributed by atoms with Crippen molar-refractivity contribution in [2.75, 3.05) is 0 Å². The summed E-state index contributed by atoms with van der Waals surface area (Å²) in [6.45, 7) is 12.6. The van der Waals surface area contributed by atoms with Crippen LogP contribution < -0.4 is 0 Å². The third kappa shape index (κ3) is 5.36. The minimum absolute atomic E-state index is 0.234. The largest absolute Gasteiger partial charge is 0.281 e. The molecule has 1 atom stereocenters. The summed E-state index contributed by atoms with van der Waals surface area (Å²) < 4.78 is 3.97. The van der Waals surface area contributed by atoms with E-state index in [1.165, 1.54) is 0 Å². The molecular weight excluding hydrogens is 222 g/mol. The fourth-order valence-electron chi connectivity index (χ4n) is 0.805. The van der Waals surface area contributed by atoms with Gasteiger partial charge >= 0.3 is 65.7 Å². The zero-order valence-corrected chi connectivity index (χ0v) is 8.45. The molecule has 0 fully saturated rings. The van der Waals surface area contributed by atoms with Gasteiger partial charge in [-0.3, -0.25) is 9.59 Å². The van der Waals surface area contributed by atoms with Crippen LogP contribution in [0.4, 0.5) is 0 Å². The zero-order chi connectivity index (χ0) is 11.4. The van der Waals surface area contributed by atoms with Crippen LogP contribution >= 0.6 is 0 Å². The molecule has 0 aromatic rings. The SMILES string of the molecule is C=CC1C=CC=[C]1[Cr][N]=O.[C]=O.[C]=O. The summed E-state index contributed by atoms with van der Waals surface area (Å²) in [6, 6.07) is 0. The maximum atomic E-state index is 9.90. The Hall–Kier alpha value is -1.31. The molecule has 4 radical (unpaired) electrons. The first kappa shape index (κ1) is 15.2. The van der Waals surface area contributed by atoms with Crippen LogP contribution in [0, 0.1) is 10.8 Å². The molecule has 1 unspecified atom stereocenters. The van der Waals surface area contributed by atoms with Gasteiger partial charge in [0.15, 0.2) is 0 Å². The van der Waals surface area contributed by atoms with Crippen LogP contribution in [0.25, 0.3) is 0 Å². The molecule has 4 nitrogen and oxygen atoms in total. The smallest absolute Gasteiger partial charge is 0.281 e. The maximum Gasteiger partial charge on any atom is 0.281 e. The molecule has 1 aliphatic carbocycles. The summed E-state index contributed by atoms with van der Waals surface area (Å²) in [4.78, 5) is 24.9. The van der Waals surface area contributed by atoms with Gasteiger partial charge in [-0.05, 0) is 0 Å². The number of nitroso groups, excluding NO2 is 1.